The summed E-state index contributed by atoms with van der Waals surface area (Å²) < 4.78 is 0. The molecule has 0 aliphatic rings. The molecule has 1 atom stereocenters. The quantitative estimate of drug-likeness (QED) is 0.908. The highest BCUT2D eigenvalue weighted by Crippen LogP contribution is 2.22. The third kappa shape index (κ3) is 3.43. The predicted molar refractivity (Wildman–Crippen MR) is 82.9 cm³/mol. The number of nitrogens with two attached hydrogens (primary N) is 1. The fourth-order valence-corrected chi connectivity index (χ4v) is 2.59. The van der Waals surface area contributed by atoms with Gasteiger partial charge in [-0.05, 0) is 18.4 Å². The van der Waals surface area contributed by atoms with Gasteiger partial charge in [0.2, 0.25) is 5.91 Å². The zero-order valence-electron chi connectivity index (χ0n) is 11.9. The number of amides is 1. The number of thiazole rings is 1. The topological polar surface area (TPSA) is 68.0 Å². The van der Waals surface area contributed by atoms with Gasteiger partial charge in [-0.2, -0.15) is 0 Å². The van der Waals surface area contributed by atoms with Crippen molar-refractivity contribution in [2.45, 2.75) is 32.7 Å². The standard InChI is InChI=1S/C15H19N3OS/c1-9(2)12-8-20-15(17-12)18-14(19)13(16)11-6-4-10(3)5-7-11/h4-9,13H,16H2,1-3H3,(H,17,18,19). The van der Waals surface area contributed by atoms with Crippen LogP contribution in [0, 0.1) is 6.92 Å². The first-order valence-corrected chi connectivity index (χ1v) is 7.43. The second-order valence-corrected chi connectivity index (χ2v) is 5.97. The van der Waals surface area contributed by atoms with E-state index >= 15 is 0 Å². The number of aromatic nitrogens is 1. The smallest absolute Gasteiger partial charge is 0.247 e. The maximum absolute atomic E-state index is 12.1. The fourth-order valence-electron chi connectivity index (χ4n) is 1.72. The number of nitrogens with zero attached hydrogens (tertiary/aromatic N) is 1. The molecule has 1 amide bonds. The molecule has 1 aromatic carbocycles. The molecule has 3 N–H and O–H groups in total. The lowest BCUT2D eigenvalue weighted by Crippen LogP contribution is -2.27. The molecule has 0 spiro atoms. The van der Waals surface area contributed by atoms with Crippen molar-refractivity contribution in [2.24, 2.45) is 5.73 Å². The van der Waals surface area contributed by atoms with Gasteiger partial charge in [0.1, 0.15) is 6.04 Å². The summed E-state index contributed by atoms with van der Waals surface area (Å²) in [5, 5.41) is 5.33. The Labute approximate surface area is 123 Å². The number of carbonyl (C=O) groups excluding carboxylic acids is 1. The average Bonchev–Trinajstić information content (AvgIpc) is 2.87. The van der Waals surface area contributed by atoms with Crippen molar-refractivity contribution in [3.63, 3.8) is 0 Å². The Balaban J connectivity index is 2.05. The number of nitrogens with one attached hydrogen (secondary N) is 1. The van der Waals surface area contributed by atoms with E-state index < -0.39 is 6.04 Å². The van der Waals surface area contributed by atoms with Crippen LogP contribution < -0.4 is 11.1 Å². The molecule has 1 heterocycles. The summed E-state index contributed by atoms with van der Waals surface area (Å²) in [4.78, 5) is 16.5. The summed E-state index contributed by atoms with van der Waals surface area (Å²) in [7, 11) is 0. The summed E-state index contributed by atoms with van der Waals surface area (Å²) in [5.74, 6) is 0.112. The van der Waals surface area contributed by atoms with Crippen molar-refractivity contribution < 1.29 is 4.79 Å². The van der Waals surface area contributed by atoms with Gasteiger partial charge in [0.25, 0.3) is 0 Å². The van der Waals surface area contributed by atoms with Crippen molar-refractivity contribution in [1.82, 2.24) is 4.98 Å². The molecule has 2 rings (SSSR count). The van der Waals surface area contributed by atoms with Gasteiger partial charge < -0.3 is 11.1 Å². The van der Waals surface area contributed by atoms with Crippen LogP contribution in [0.1, 0.15) is 42.6 Å². The van der Waals surface area contributed by atoms with Gasteiger partial charge in [-0.15, -0.1) is 11.3 Å². The minimum Gasteiger partial charge on any atom is -0.316 e. The van der Waals surface area contributed by atoms with Crippen LogP contribution in [0.5, 0.6) is 0 Å². The summed E-state index contributed by atoms with van der Waals surface area (Å²) in [6.45, 7) is 6.13. The van der Waals surface area contributed by atoms with Crippen LogP contribution in [0.2, 0.25) is 0 Å². The van der Waals surface area contributed by atoms with E-state index in [1.165, 1.54) is 11.3 Å². The second kappa shape index (κ2) is 6.15. The Morgan fingerprint density at radius 3 is 2.50 bits per heavy atom. The fraction of sp³-hybridized carbons (Fsp3) is 0.333. The second-order valence-electron chi connectivity index (χ2n) is 5.11. The van der Waals surface area contributed by atoms with E-state index in [1.54, 1.807) is 0 Å². The highest BCUT2D eigenvalue weighted by molar-refractivity contribution is 7.13. The number of anilines is 1. The summed E-state index contributed by atoms with van der Waals surface area (Å²) in [6.07, 6.45) is 0. The van der Waals surface area contributed by atoms with Gasteiger partial charge in [0, 0.05) is 5.38 Å². The number of benzene rings is 1. The highest BCUT2D eigenvalue weighted by atomic mass is 32.1. The van der Waals surface area contributed by atoms with E-state index in [2.05, 4.69) is 24.1 Å². The van der Waals surface area contributed by atoms with Crippen molar-refractivity contribution in [2.75, 3.05) is 5.32 Å². The first-order chi connectivity index (χ1) is 9.47. The first kappa shape index (κ1) is 14.7. The van der Waals surface area contributed by atoms with Crippen LogP contribution in [0.3, 0.4) is 0 Å². The van der Waals surface area contributed by atoms with Gasteiger partial charge in [-0.25, -0.2) is 4.98 Å². The lowest BCUT2D eigenvalue weighted by atomic mass is 10.1. The molecule has 5 heteroatoms. The molecule has 0 fully saturated rings. The molecule has 1 unspecified atom stereocenters. The van der Waals surface area contributed by atoms with E-state index in [9.17, 15) is 4.79 Å². The molecule has 106 valence electrons. The van der Waals surface area contributed by atoms with Gasteiger partial charge in [-0.3, -0.25) is 4.79 Å². The van der Waals surface area contributed by atoms with E-state index in [-0.39, 0.29) is 5.91 Å². The number of carbonyl (C=O) groups is 1. The molecule has 0 aliphatic heterocycles. The molecular formula is C15H19N3OS. The summed E-state index contributed by atoms with van der Waals surface area (Å²) in [5.41, 5.74) is 8.89. The largest absolute Gasteiger partial charge is 0.316 e. The Morgan fingerprint density at radius 2 is 1.95 bits per heavy atom. The van der Waals surface area contributed by atoms with Crippen LogP contribution in [0.25, 0.3) is 0 Å². The number of hydrogen-bond acceptors (Lipinski definition) is 4. The Hall–Kier alpha value is -1.72. The van der Waals surface area contributed by atoms with Gasteiger partial charge in [0.15, 0.2) is 5.13 Å². The third-order valence-electron chi connectivity index (χ3n) is 3.06. The number of hydrogen-bond donors (Lipinski definition) is 2. The van der Waals surface area contributed by atoms with Gasteiger partial charge >= 0.3 is 0 Å². The van der Waals surface area contributed by atoms with Crippen molar-refractivity contribution in [3.05, 3.63) is 46.5 Å². The number of aryl methyl sites for hydroxylation is 1. The third-order valence-corrected chi connectivity index (χ3v) is 3.84. The number of rotatable bonds is 4. The van der Waals surface area contributed by atoms with Crippen LogP contribution in [-0.4, -0.2) is 10.9 Å². The Morgan fingerprint density at radius 1 is 1.30 bits per heavy atom. The minimum absolute atomic E-state index is 0.237. The van der Waals surface area contributed by atoms with Crippen molar-refractivity contribution >= 4 is 22.4 Å². The minimum atomic E-state index is -0.679. The summed E-state index contributed by atoms with van der Waals surface area (Å²) >= 11 is 1.42. The van der Waals surface area contributed by atoms with E-state index in [4.69, 9.17) is 5.73 Å². The predicted octanol–water partition coefficient (Wildman–Crippen LogP) is 3.21. The monoisotopic (exact) mass is 289 g/mol. The normalized spacial score (nSPS) is 12.4. The molecule has 20 heavy (non-hydrogen) atoms. The van der Waals surface area contributed by atoms with Crippen molar-refractivity contribution in [1.29, 1.82) is 0 Å². The molecule has 4 nitrogen and oxygen atoms in total. The van der Waals surface area contributed by atoms with E-state index in [0.29, 0.717) is 11.0 Å². The lowest BCUT2D eigenvalue weighted by Gasteiger charge is -2.11. The Bertz CT molecular complexity index is 589. The average molecular weight is 289 g/mol. The van der Waals surface area contributed by atoms with Gasteiger partial charge in [0.05, 0.1) is 5.69 Å². The Kier molecular flexibility index (Phi) is 4.52. The van der Waals surface area contributed by atoms with Gasteiger partial charge in [-0.1, -0.05) is 43.7 Å². The van der Waals surface area contributed by atoms with E-state index in [0.717, 1.165) is 16.8 Å². The van der Waals surface area contributed by atoms with Crippen LogP contribution >= 0.6 is 11.3 Å². The maximum atomic E-state index is 12.1. The molecule has 0 saturated carbocycles. The van der Waals surface area contributed by atoms with Crippen molar-refractivity contribution in [3.8, 4) is 0 Å². The lowest BCUT2D eigenvalue weighted by molar-refractivity contribution is -0.117. The highest BCUT2D eigenvalue weighted by Gasteiger charge is 2.17. The van der Waals surface area contributed by atoms with Crippen LogP contribution in [0.4, 0.5) is 5.13 Å². The molecule has 0 aliphatic carbocycles. The molecule has 0 saturated heterocycles. The first-order valence-electron chi connectivity index (χ1n) is 6.56. The molecule has 1 aromatic heterocycles. The maximum Gasteiger partial charge on any atom is 0.247 e. The zero-order chi connectivity index (χ0) is 14.7. The zero-order valence-corrected chi connectivity index (χ0v) is 12.7. The molecule has 2 aromatic rings. The molecule has 0 bridgehead atoms. The molecule has 0 radical (unpaired) electrons. The van der Waals surface area contributed by atoms with Crippen LogP contribution in [0.15, 0.2) is 29.6 Å². The SMILES string of the molecule is Cc1ccc(C(N)C(=O)Nc2nc(C(C)C)cs2)cc1. The van der Waals surface area contributed by atoms with Crippen LogP contribution in [-0.2, 0) is 4.79 Å². The van der Waals surface area contributed by atoms with E-state index in [1.807, 2.05) is 36.6 Å². The summed E-state index contributed by atoms with van der Waals surface area (Å²) in [6, 6.07) is 6.97. The molecular weight excluding hydrogens is 270 g/mol.